The van der Waals surface area contributed by atoms with Gasteiger partial charge in [-0.3, -0.25) is 0 Å². The summed E-state index contributed by atoms with van der Waals surface area (Å²) < 4.78 is 5.12. The van der Waals surface area contributed by atoms with Crippen molar-refractivity contribution in [1.82, 2.24) is 10.2 Å². The molecule has 1 aromatic heterocycles. The van der Waals surface area contributed by atoms with Gasteiger partial charge in [-0.2, -0.15) is 10.2 Å². The van der Waals surface area contributed by atoms with Gasteiger partial charge in [0.05, 0.1) is 18.3 Å². The molecule has 0 amide bonds. The topological polar surface area (TPSA) is 61.0 Å². The third-order valence-corrected chi connectivity index (χ3v) is 2.05. The van der Waals surface area contributed by atoms with Gasteiger partial charge in [-0.15, -0.1) is 0 Å². The van der Waals surface area contributed by atoms with E-state index < -0.39 is 0 Å². The third-order valence-electron chi connectivity index (χ3n) is 2.05. The number of benzene rings is 1. The molecule has 14 heavy (non-hydrogen) atoms. The van der Waals surface area contributed by atoms with Crippen molar-refractivity contribution in [3.05, 3.63) is 30.0 Å². The minimum absolute atomic E-state index is 0.403. The molecule has 0 aliphatic carbocycles. The average Bonchev–Trinajstić information content (AvgIpc) is 2.27. The summed E-state index contributed by atoms with van der Waals surface area (Å²) in [5.74, 6) is 0.813. The van der Waals surface area contributed by atoms with Gasteiger partial charge < -0.3 is 10.5 Å². The van der Waals surface area contributed by atoms with Crippen LogP contribution in [0.3, 0.4) is 0 Å². The molecule has 0 aliphatic rings. The molecular weight excluding hydrogens is 178 g/mol. The Morgan fingerprint density at radius 3 is 2.86 bits per heavy atom. The third kappa shape index (κ3) is 1.52. The highest BCUT2D eigenvalue weighted by Gasteiger charge is 1.99. The van der Waals surface area contributed by atoms with E-state index in [9.17, 15) is 0 Å². The molecule has 4 nitrogen and oxygen atoms in total. The molecule has 2 aromatic rings. The number of aromatic nitrogens is 2. The summed E-state index contributed by atoms with van der Waals surface area (Å²) in [7, 11) is 1.64. The average molecular weight is 189 g/mol. The summed E-state index contributed by atoms with van der Waals surface area (Å²) in [5.41, 5.74) is 7.11. The van der Waals surface area contributed by atoms with Crippen molar-refractivity contribution in [2.24, 2.45) is 5.73 Å². The fourth-order valence-electron chi connectivity index (χ4n) is 1.29. The fourth-order valence-corrected chi connectivity index (χ4v) is 1.29. The van der Waals surface area contributed by atoms with Crippen LogP contribution < -0.4 is 10.5 Å². The first-order valence-electron chi connectivity index (χ1n) is 4.34. The predicted molar refractivity (Wildman–Crippen MR) is 54.0 cm³/mol. The van der Waals surface area contributed by atoms with Gasteiger partial charge >= 0.3 is 0 Å². The zero-order valence-electron chi connectivity index (χ0n) is 7.90. The molecule has 0 unspecified atom stereocenters. The van der Waals surface area contributed by atoms with E-state index in [1.54, 1.807) is 7.11 Å². The highest BCUT2D eigenvalue weighted by atomic mass is 16.5. The number of rotatable bonds is 2. The summed E-state index contributed by atoms with van der Waals surface area (Å²) in [6.45, 7) is 0.403. The van der Waals surface area contributed by atoms with Crippen LogP contribution in [0.1, 0.15) is 5.69 Å². The molecule has 2 N–H and O–H groups in total. The van der Waals surface area contributed by atoms with E-state index >= 15 is 0 Å². The van der Waals surface area contributed by atoms with Gasteiger partial charge in [0.25, 0.3) is 0 Å². The molecule has 0 radical (unpaired) electrons. The van der Waals surface area contributed by atoms with E-state index in [4.69, 9.17) is 10.5 Å². The molecule has 72 valence electrons. The van der Waals surface area contributed by atoms with Gasteiger partial charge in [0.15, 0.2) is 0 Å². The molecule has 0 fully saturated rings. The van der Waals surface area contributed by atoms with E-state index in [0.29, 0.717) is 6.54 Å². The van der Waals surface area contributed by atoms with Crippen LogP contribution in [-0.4, -0.2) is 17.3 Å². The zero-order valence-corrected chi connectivity index (χ0v) is 7.90. The van der Waals surface area contributed by atoms with Crippen LogP contribution in [0.2, 0.25) is 0 Å². The maximum Gasteiger partial charge on any atom is 0.119 e. The second-order valence-electron chi connectivity index (χ2n) is 2.96. The molecule has 2 rings (SSSR count). The second kappa shape index (κ2) is 3.59. The Balaban J connectivity index is 2.60. The molecule has 0 atom stereocenters. The van der Waals surface area contributed by atoms with E-state index in [1.165, 1.54) is 0 Å². The van der Waals surface area contributed by atoms with Gasteiger partial charge in [-0.05, 0) is 24.3 Å². The van der Waals surface area contributed by atoms with E-state index in [1.807, 2.05) is 24.3 Å². The number of fused-ring (bicyclic) bond motifs is 1. The van der Waals surface area contributed by atoms with Gasteiger partial charge in [0.2, 0.25) is 0 Å². The summed E-state index contributed by atoms with van der Waals surface area (Å²) >= 11 is 0. The fraction of sp³-hybridized carbons (Fsp3) is 0.200. The molecule has 1 heterocycles. The number of ether oxygens (including phenoxy) is 1. The molecular formula is C10H11N3O. The summed E-state index contributed by atoms with van der Waals surface area (Å²) in [6, 6.07) is 7.58. The Labute approximate surface area is 81.7 Å². The lowest BCUT2D eigenvalue weighted by atomic mass is 10.2. The number of hydrogen-bond acceptors (Lipinski definition) is 4. The second-order valence-corrected chi connectivity index (χ2v) is 2.96. The van der Waals surface area contributed by atoms with Gasteiger partial charge in [0.1, 0.15) is 5.75 Å². The minimum Gasteiger partial charge on any atom is -0.497 e. The van der Waals surface area contributed by atoms with Crippen molar-refractivity contribution < 1.29 is 4.74 Å². The molecule has 0 saturated heterocycles. The van der Waals surface area contributed by atoms with Crippen molar-refractivity contribution in [1.29, 1.82) is 0 Å². The Morgan fingerprint density at radius 2 is 2.14 bits per heavy atom. The number of nitrogens with two attached hydrogens (primary N) is 1. The van der Waals surface area contributed by atoms with Crippen molar-refractivity contribution in [2.45, 2.75) is 6.54 Å². The van der Waals surface area contributed by atoms with Gasteiger partial charge in [0, 0.05) is 11.9 Å². The van der Waals surface area contributed by atoms with Crippen molar-refractivity contribution in [3.8, 4) is 5.75 Å². The highest BCUT2D eigenvalue weighted by molar-refractivity contribution is 5.79. The first-order chi connectivity index (χ1) is 6.83. The SMILES string of the molecule is COc1ccc2nnc(CN)cc2c1. The monoisotopic (exact) mass is 189 g/mol. The van der Waals surface area contributed by atoms with Crippen molar-refractivity contribution in [2.75, 3.05) is 7.11 Å². The van der Waals surface area contributed by atoms with Crippen LogP contribution in [0.5, 0.6) is 5.75 Å². The van der Waals surface area contributed by atoms with Crippen molar-refractivity contribution >= 4 is 10.9 Å². The van der Waals surface area contributed by atoms with Gasteiger partial charge in [-0.1, -0.05) is 0 Å². The Morgan fingerprint density at radius 1 is 1.29 bits per heavy atom. The Kier molecular flexibility index (Phi) is 2.28. The normalized spacial score (nSPS) is 10.4. The zero-order chi connectivity index (χ0) is 9.97. The molecule has 4 heteroatoms. The van der Waals surface area contributed by atoms with Crippen LogP contribution in [0.15, 0.2) is 24.3 Å². The first-order valence-corrected chi connectivity index (χ1v) is 4.34. The molecule has 0 bridgehead atoms. The van der Waals surface area contributed by atoms with Gasteiger partial charge in [-0.25, -0.2) is 0 Å². The number of nitrogens with zero attached hydrogens (tertiary/aromatic N) is 2. The lowest BCUT2D eigenvalue weighted by Gasteiger charge is -2.02. The maximum absolute atomic E-state index is 5.48. The van der Waals surface area contributed by atoms with Crippen LogP contribution >= 0.6 is 0 Å². The smallest absolute Gasteiger partial charge is 0.119 e. The number of methoxy groups -OCH3 is 1. The molecule has 0 saturated carbocycles. The maximum atomic E-state index is 5.48. The quantitative estimate of drug-likeness (QED) is 0.768. The lowest BCUT2D eigenvalue weighted by molar-refractivity contribution is 0.415. The van der Waals surface area contributed by atoms with Crippen LogP contribution in [-0.2, 0) is 6.54 Å². The lowest BCUT2D eigenvalue weighted by Crippen LogP contribution is -2.00. The van der Waals surface area contributed by atoms with E-state index in [-0.39, 0.29) is 0 Å². The summed E-state index contributed by atoms with van der Waals surface area (Å²) in [4.78, 5) is 0. The standard InChI is InChI=1S/C10H11N3O/c1-14-9-2-3-10-7(5-9)4-8(6-11)12-13-10/h2-5H,6,11H2,1H3. The van der Waals surface area contributed by atoms with E-state index in [0.717, 1.165) is 22.3 Å². The molecule has 0 spiro atoms. The Hall–Kier alpha value is -1.68. The summed E-state index contributed by atoms with van der Waals surface area (Å²) in [5, 5.41) is 9.01. The van der Waals surface area contributed by atoms with Crippen LogP contribution in [0.25, 0.3) is 10.9 Å². The van der Waals surface area contributed by atoms with Crippen LogP contribution in [0, 0.1) is 0 Å². The van der Waals surface area contributed by atoms with Crippen molar-refractivity contribution in [3.63, 3.8) is 0 Å². The molecule has 0 aliphatic heterocycles. The molecule has 1 aromatic carbocycles. The first kappa shape index (κ1) is 8.90. The predicted octanol–water partition coefficient (Wildman–Crippen LogP) is 1.10. The number of hydrogen-bond donors (Lipinski definition) is 1. The van der Waals surface area contributed by atoms with E-state index in [2.05, 4.69) is 10.2 Å². The Bertz CT molecular complexity index is 417. The minimum atomic E-state index is 0.403. The summed E-state index contributed by atoms with van der Waals surface area (Å²) in [6.07, 6.45) is 0. The highest BCUT2D eigenvalue weighted by Crippen LogP contribution is 2.18. The largest absolute Gasteiger partial charge is 0.497 e. The van der Waals surface area contributed by atoms with Crippen LogP contribution in [0.4, 0.5) is 0 Å².